The van der Waals surface area contributed by atoms with Crippen molar-refractivity contribution in [3.63, 3.8) is 0 Å². The Labute approximate surface area is 97.5 Å². The third-order valence-corrected chi connectivity index (χ3v) is 2.18. The molecule has 0 amide bonds. The third kappa shape index (κ3) is 4.51. The maximum absolute atomic E-state index is 5.00. The van der Waals surface area contributed by atoms with Crippen LogP contribution in [0.2, 0.25) is 0 Å². The number of nitrogens with zero attached hydrogens (tertiary/aromatic N) is 2. The first-order chi connectivity index (χ1) is 7.26. The highest BCUT2D eigenvalue weighted by Crippen LogP contribution is 2.07. The summed E-state index contributed by atoms with van der Waals surface area (Å²) in [6.45, 7) is 0.472. The minimum absolute atomic E-state index is 0.290. The van der Waals surface area contributed by atoms with Crippen LogP contribution in [0.15, 0.2) is 27.9 Å². The van der Waals surface area contributed by atoms with Crippen molar-refractivity contribution in [2.45, 2.75) is 6.29 Å². The van der Waals surface area contributed by atoms with E-state index in [2.05, 4.69) is 25.9 Å². The van der Waals surface area contributed by atoms with E-state index in [0.717, 1.165) is 10.0 Å². The van der Waals surface area contributed by atoms with Crippen molar-refractivity contribution in [1.29, 1.82) is 0 Å². The zero-order chi connectivity index (χ0) is 11.1. The predicted octanol–water partition coefficient (Wildman–Crippen LogP) is 1.88. The largest absolute Gasteiger partial charge is 0.354 e. The normalized spacial score (nSPS) is 11.5. The van der Waals surface area contributed by atoms with E-state index in [4.69, 9.17) is 9.47 Å². The fourth-order valence-electron chi connectivity index (χ4n) is 0.988. The molecule has 0 radical (unpaired) electrons. The second kappa shape index (κ2) is 6.66. The Bertz CT molecular complexity index is 327. The molecule has 1 heterocycles. The second-order valence-corrected chi connectivity index (χ2v) is 3.75. The number of hydrogen-bond donors (Lipinski definition) is 0. The van der Waals surface area contributed by atoms with Crippen LogP contribution in [0.5, 0.6) is 0 Å². The molecule has 4 nitrogen and oxygen atoms in total. The molecule has 0 saturated carbocycles. The Hall–Kier alpha value is -0.780. The molecule has 0 fully saturated rings. The molecule has 0 bridgehead atoms. The van der Waals surface area contributed by atoms with Gasteiger partial charge in [-0.2, -0.15) is 0 Å². The van der Waals surface area contributed by atoms with Gasteiger partial charge in [-0.3, -0.25) is 9.98 Å². The quantitative estimate of drug-likeness (QED) is 0.607. The lowest BCUT2D eigenvalue weighted by atomic mass is 10.3. The minimum Gasteiger partial charge on any atom is -0.354 e. The maximum Gasteiger partial charge on any atom is 0.176 e. The molecular formula is C10H13BrN2O2. The average molecular weight is 273 g/mol. The van der Waals surface area contributed by atoms with Gasteiger partial charge in [-0.05, 0) is 22.0 Å². The Morgan fingerprint density at radius 3 is 2.80 bits per heavy atom. The van der Waals surface area contributed by atoms with E-state index >= 15 is 0 Å². The zero-order valence-electron chi connectivity index (χ0n) is 8.68. The summed E-state index contributed by atoms with van der Waals surface area (Å²) in [6, 6.07) is 1.94. The van der Waals surface area contributed by atoms with Crippen LogP contribution in [0.4, 0.5) is 0 Å². The first kappa shape index (κ1) is 12.3. The molecule has 5 heteroatoms. The first-order valence-electron chi connectivity index (χ1n) is 4.42. The van der Waals surface area contributed by atoms with Gasteiger partial charge >= 0.3 is 0 Å². The zero-order valence-corrected chi connectivity index (χ0v) is 10.3. The van der Waals surface area contributed by atoms with Crippen LogP contribution in [0.3, 0.4) is 0 Å². The highest BCUT2D eigenvalue weighted by Gasteiger charge is 2.01. The molecule has 0 aliphatic carbocycles. The van der Waals surface area contributed by atoms with Crippen LogP contribution in [0, 0.1) is 0 Å². The summed E-state index contributed by atoms with van der Waals surface area (Å²) in [5, 5.41) is 0. The molecule has 0 spiro atoms. The van der Waals surface area contributed by atoms with E-state index in [1.54, 1.807) is 32.8 Å². The van der Waals surface area contributed by atoms with E-state index in [1.807, 2.05) is 6.07 Å². The molecule has 0 unspecified atom stereocenters. The van der Waals surface area contributed by atoms with E-state index in [-0.39, 0.29) is 6.29 Å². The summed E-state index contributed by atoms with van der Waals surface area (Å²) >= 11 is 3.34. The van der Waals surface area contributed by atoms with E-state index in [9.17, 15) is 0 Å². The van der Waals surface area contributed by atoms with Crippen molar-refractivity contribution in [3.05, 3.63) is 28.5 Å². The van der Waals surface area contributed by atoms with Crippen LogP contribution >= 0.6 is 15.9 Å². The van der Waals surface area contributed by atoms with Crippen molar-refractivity contribution in [2.24, 2.45) is 4.99 Å². The molecular weight excluding hydrogens is 260 g/mol. The van der Waals surface area contributed by atoms with Gasteiger partial charge in [0.05, 0.1) is 6.54 Å². The number of methoxy groups -OCH3 is 2. The monoisotopic (exact) mass is 272 g/mol. The van der Waals surface area contributed by atoms with Gasteiger partial charge < -0.3 is 9.47 Å². The molecule has 1 rings (SSSR count). The van der Waals surface area contributed by atoms with E-state index in [0.29, 0.717) is 6.54 Å². The fourth-order valence-corrected chi connectivity index (χ4v) is 1.37. The Morgan fingerprint density at radius 1 is 1.47 bits per heavy atom. The van der Waals surface area contributed by atoms with Gasteiger partial charge in [0.2, 0.25) is 0 Å². The Kier molecular flexibility index (Phi) is 5.45. The Balaban J connectivity index is 2.50. The van der Waals surface area contributed by atoms with E-state index < -0.39 is 0 Å². The smallest absolute Gasteiger partial charge is 0.176 e. The topological polar surface area (TPSA) is 43.7 Å². The molecule has 1 aromatic rings. The minimum atomic E-state index is -0.290. The average Bonchev–Trinajstić information content (AvgIpc) is 2.25. The standard InChI is InChI=1S/C10H13BrN2O2/c1-14-10(15-2)7-13-5-8-3-9(11)6-12-4-8/h3-6,10H,7H2,1-2H3. The number of aliphatic imine (C=N–C) groups is 1. The van der Waals surface area contributed by atoms with Crippen molar-refractivity contribution >= 4 is 22.1 Å². The van der Waals surface area contributed by atoms with E-state index in [1.165, 1.54) is 0 Å². The van der Waals surface area contributed by atoms with Gasteiger partial charge in [0.25, 0.3) is 0 Å². The van der Waals surface area contributed by atoms with Crippen molar-refractivity contribution in [1.82, 2.24) is 4.98 Å². The van der Waals surface area contributed by atoms with Gasteiger partial charge in [-0.1, -0.05) is 0 Å². The summed E-state index contributed by atoms with van der Waals surface area (Å²) in [6.07, 6.45) is 4.91. The van der Waals surface area contributed by atoms with Crippen LogP contribution in [0.1, 0.15) is 5.56 Å². The number of halogens is 1. The molecule has 0 aromatic carbocycles. The summed E-state index contributed by atoms with van der Waals surface area (Å²) in [5.74, 6) is 0. The van der Waals surface area contributed by atoms with Crippen LogP contribution < -0.4 is 0 Å². The summed E-state index contributed by atoms with van der Waals surface area (Å²) in [7, 11) is 3.18. The lowest BCUT2D eigenvalue weighted by Crippen LogP contribution is -2.16. The number of ether oxygens (including phenoxy) is 2. The summed E-state index contributed by atoms with van der Waals surface area (Å²) < 4.78 is 10.9. The highest BCUT2D eigenvalue weighted by molar-refractivity contribution is 9.10. The fraction of sp³-hybridized carbons (Fsp3) is 0.400. The summed E-state index contributed by atoms with van der Waals surface area (Å²) in [5.41, 5.74) is 0.940. The maximum atomic E-state index is 5.00. The molecule has 15 heavy (non-hydrogen) atoms. The molecule has 0 atom stereocenters. The van der Waals surface area contributed by atoms with Gasteiger partial charge in [0.1, 0.15) is 0 Å². The van der Waals surface area contributed by atoms with Crippen LogP contribution in [0.25, 0.3) is 0 Å². The number of pyridine rings is 1. The highest BCUT2D eigenvalue weighted by atomic mass is 79.9. The lowest BCUT2D eigenvalue weighted by Gasteiger charge is -2.09. The number of aromatic nitrogens is 1. The molecule has 0 aliphatic rings. The molecule has 82 valence electrons. The van der Waals surface area contributed by atoms with Gasteiger partial charge in [-0.25, -0.2) is 0 Å². The predicted molar refractivity (Wildman–Crippen MR) is 62.2 cm³/mol. The van der Waals surface area contributed by atoms with Gasteiger partial charge in [-0.15, -0.1) is 0 Å². The first-order valence-corrected chi connectivity index (χ1v) is 5.21. The second-order valence-electron chi connectivity index (χ2n) is 2.83. The van der Waals surface area contributed by atoms with Crippen molar-refractivity contribution in [2.75, 3.05) is 20.8 Å². The van der Waals surface area contributed by atoms with Crippen LogP contribution in [-0.2, 0) is 9.47 Å². The Morgan fingerprint density at radius 2 is 2.20 bits per heavy atom. The third-order valence-electron chi connectivity index (χ3n) is 1.75. The molecule has 0 N–H and O–H groups in total. The summed E-state index contributed by atoms with van der Waals surface area (Å²) in [4.78, 5) is 8.21. The number of hydrogen-bond acceptors (Lipinski definition) is 4. The van der Waals surface area contributed by atoms with Crippen molar-refractivity contribution in [3.8, 4) is 0 Å². The van der Waals surface area contributed by atoms with Gasteiger partial charge in [0.15, 0.2) is 6.29 Å². The number of rotatable bonds is 5. The van der Waals surface area contributed by atoms with Gasteiger partial charge in [0, 0.05) is 42.9 Å². The molecule has 1 aromatic heterocycles. The molecule has 0 saturated heterocycles. The SMILES string of the molecule is COC(CN=Cc1cncc(Br)c1)OC. The van der Waals surface area contributed by atoms with Crippen molar-refractivity contribution < 1.29 is 9.47 Å². The lowest BCUT2D eigenvalue weighted by molar-refractivity contribution is -0.0936. The van der Waals surface area contributed by atoms with Crippen LogP contribution in [-0.4, -0.2) is 38.3 Å². The molecule has 0 aliphatic heterocycles.